The molecule has 0 aromatic heterocycles. The van der Waals surface area contributed by atoms with Crippen LogP contribution in [0.4, 0.5) is 5.69 Å². The molecule has 24 heavy (non-hydrogen) atoms. The van der Waals surface area contributed by atoms with Gasteiger partial charge in [-0.1, -0.05) is 0 Å². The zero-order chi connectivity index (χ0) is 17.7. The van der Waals surface area contributed by atoms with Crippen molar-refractivity contribution in [3.63, 3.8) is 0 Å². The van der Waals surface area contributed by atoms with Gasteiger partial charge >= 0.3 is 0 Å². The quantitative estimate of drug-likeness (QED) is 0.814. The van der Waals surface area contributed by atoms with E-state index in [9.17, 15) is 14.4 Å². The lowest BCUT2D eigenvalue weighted by Crippen LogP contribution is -2.38. The molecule has 5 heteroatoms. The second-order valence-corrected chi connectivity index (χ2v) is 6.83. The minimum atomic E-state index is -0.0550. The monoisotopic (exact) mass is 330 g/mol. The molecule has 0 atom stereocenters. The molecule has 1 fully saturated rings. The lowest BCUT2D eigenvalue weighted by atomic mass is 9.81. The van der Waals surface area contributed by atoms with Crippen molar-refractivity contribution in [1.29, 1.82) is 0 Å². The van der Waals surface area contributed by atoms with Crippen molar-refractivity contribution in [2.45, 2.75) is 52.5 Å². The molecule has 0 bridgehead atoms. The Kier molecular flexibility index (Phi) is 6.12. The van der Waals surface area contributed by atoms with Gasteiger partial charge in [-0.05, 0) is 70.7 Å². The standard InChI is InChI=1S/C19H26N2O3/c1-12(2)20-18(23)15-4-6-16(7-5-15)19(24)21-17-10-8-14(9-11-17)13(3)22/h8-12,15-16H,4-7H2,1-3H3,(H,20,23)(H,21,24). The third-order valence-corrected chi connectivity index (χ3v) is 4.46. The Morgan fingerprint density at radius 3 is 1.88 bits per heavy atom. The molecule has 0 saturated heterocycles. The lowest BCUT2D eigenvalue weighted by Gasteiger charge is -2.27. The summed E-state index contributed by atoms with van der Waals surface area (Å²) in [4.78, 5) is 35.6. The number of hydrogen-bond donors (Lipinski definition) is 2. The van der Waals surface area contributed by atoms with E-state index >= 15 is 0 Å². The lowest BCUT2D eigenvalue weighted by molar-refractivity contribution is -0.128. The van der Waals surface area contributed by atoms with Crippen molar-refractivity contribution in [3.8, 4) is 0 Å². The second-order valence-electron chi connectivity index (χ2n) is 6.83. The Morgan fingerprint density at radius 1 is 0.917 bits per heavy atom. The first kappa shape index (κ1) is 18.2. The SMILES string of the molecule is CC(=O)c1ccc(NC(=O)C2CCC(C(=O)NC(C)C)CC2)cc1. The number of nitrogens with one attached hydrogen (secondary N) is 2. The minimum Gasteiger partial charge on any atom is -0.354 e. The van der Waals surface area contributed by atoms with Crippen LogP contribution in [0.15, 0.2) is 24.3 Å². The van der Waals surface area contributed by atoms with Crippen LogP contribution in [0, 0.1) is 11.8 Å². The summed E-state index contributed by atoms with van der Waals surface area (Å²) in [6, 6.07) is 7.07. The third-order valence-electron chi connectivity index (χ3n) is 4.46. The minimum absolute atomic E-state index is 0.00544. The number of ketones is 1. The summed E-state index contributed by atoms with van der Waals surface area (Å²) in [5.74, 6) is 0.0646. The third kappa shape index (κ3) is 4.91. The van der Waals surface area contributed by atoms with Crippen molar-refractivity contribution >= 4 is 23.3 Å². The highest BCUT2D eigenvalue weighted by atomic mass is 16.2. The van der Waals surface area contributed by atoms with Gasteiger partial charge in [-0.25, -0.2) is 0 Å². The fourth-order valence-corrected chi connectivity index (χ4v) is 3.05. The number of anilines is 1. The summed E-state index contributed by atoms with van der Waals surface area (Å²) in [7, 11) is 0. The van der Waals surface area contributed by atoms with Gasteiger partial charge in [0.25, 0.3) is 0 Å². The van der Waals surface area contributed by atoms with Crippen molar-refractivity contribution in [2.75, 3.05) is 5.32 Å². The molecule has 2 N–H and O–H groups in total. The number of benzene rings is 1. The van der Waals surface area contributed by atoms with E-state index in [1.54, 1.807) is 24.3 Å². The Balaban J connectivity index is 1.84. The molecule has 1 aliphatic carbocycles. The average Bonchev–Trinajstić information content (AvgIpc) is 2.54. The van der Waals surface area contributed by atoms with E-state index < -0.39 is 0 Å². The first-order valence-corrected chi connectivity index (χ1v) is 8.59. The van der Waals surface area contributed by atoms with Gasteiger partial charge in [-0.2, -0.15) is 0 Å². The largest absolute Gasteiger partial charge is 0.354 e. The molecule has 130 valence electrons. The van der Waals surface area contributed by atoms with E-state index in [0.29, 0.717) is 11.3 Å². The van der Waals surface area contributed by atoms with E-state index in [1.807, 2.05) is 13.8 Å². The van der Waals surface area contributed by atoms with Crippen LogP contribution in [0.25, 0.3) is 0 Å². The molecular weight excluding hydrogens is 304 g/mol. The van der Waals surface area contributed by atoms with E-state index in [-0.39, 0.29) is 35.5 Å². The van der Waals surface area contributed by atoms with Crippen LogP contribution in [-0.2, 0) is 9.59 Å². The fraction of sp³-hybridized carbons (Fsp3) is 0.526. The van der Waals surface area contributed by atoms with Crippen molar-refractivity contribution in [3.05, 3.63) is 29.8 Å². The fourth-order valence-electron chi connectivity index (χ4n) is 3.05. The molecule has 0 unspecified atom stereocenters. The molecule has 1 aliphatic rings. The Hall–Kier alpha value is -2.17. The highest BCUT2D eigenvalue weighted by Crippen LogP contribution is 2.30. The Bertz CT molecular complexity index is 600. The zero-order valence-electron chi connectivity index (χ0n) is 14.6. The molecule has 2 rings (SSSR count). The molecule has 2 amide bonds. The van der Waals surface area contributed by atoms with Crippen molar-refractivity contribution in [1.82, 2.24) is 5.32 Å². The average molecular weight is 330 g/mol. The highest BCUT2D eigenvalue weighted by molar-refractivity contribution is 5.96. The summed E-state index contributed by atoms with van der Waals surface area (Å²) in [5.41, 5.74) is 1.33. The molecule has 1 aromatic carbocycles. The summed E-state index contributed by atoms with van der Waals surface area (Å²) >= 11 is 0. The number of amides is 2. The summed E-state index contributed by atoms with van der Waals surface area (Å²) in [5, 5.41) is 5.85. The number of carbonyl (C=O) groups is 3. The van der Waals surface area contributed by atoms with Gasteiger partial charge in [-0.3, -0.25) is 14.4 Å². The number of rotatable bonds is 5. The van der Waals surface area contributed by atoms with E-state index in [1.165, 1.54) is 6.92 Å². The van der Waals surface area contributed by atoms with Gasteiger partial charge in [0, 0.05) is 29.1 Å². The van der Waals surface area contributed by atoms with Crippen LogP contribution in [0.1, 0.15) is 56.8 Å². The summed E-state index contributed by atoms with van der Waals surface area (Å²) < 4.78 is 0. The predicted octanol–water partition coefficient (Wildman–Crippen LogP) is 3.16. The molecule has 0 heterocycles. The van der Waals surface area contributed by atoms with E-state index in [4.69, 9.17) is 0 Å². The van der Waals surface area contributed by atoms with Crippen LogP contribution in [0.2, 0.25) is 0 Å². The molecular formula is C19H26N2O3. The van der Waals surface area contributed by atoms with Crippen LogP contribution >= 0.6 is 0 Å². The predicted molar refractivity (Wildman–Crippen MR) is 93.8 cm³/mol. The van der Waals surface area contributed by atoms with Gasteiger partial charge in [0.1, 0.15) is 0 Å². The van der Waals surface area contributed by atoms with Gasteiger partial charge in [0.05, 0.1) is 0 Å². The highest BCUT2D eigenvalue weighted by Gasteiger charge is 2.30. The van der Waals surface area contributed by atoms with Gasteiger partial charge in [0.15, 0.2) is 5.78 Å². The van der Waals surface area contributed by atoms with Gasteiger partial charge in [0.2, 0.25) is 11.8 Å². The molecule has 5 nitrogen and oxygen atoms in total. The number of Topliss-reactive ketones (excluding diaryl/α,β-unsaturated/α-hetero) is 1. The van der Waals surface area contributed by atoms with Crippen LogP contribution in [0.5, 0.6) is 0 Å². The first-order chi connectivity index (χ1) is 11.4. The zero-order valence-corrected chi connectivity index (χ0v) is 14.6. The van der Waals surface area contributed by atoms with E-state index in [2.05, 4.69) is 10.6 Å². The molecule has 1 saturated carbocycles. The Labute approximate surface area is 143 Å². The maximum Gasteiger partial charge on any atom is 0.227 e. The summed E-state index contributed by atoms with van der Waals surface area (Å²) in [6.07, 6.45) is 2.96. The number of hydrogen-bond acceptors (Lipinski definition) is 3. The van der Waals surface area contributed by atoms with Crippen LogP contribution in [-0.4, -0.2) is 23.6 Å². The molecule has 0 aliphatic heterocycles. The van der Waals surface area contributed by atoms with Gasteiger partial charge < -0.3 is 10.6 Å². The first-order valence-electron chi connectivity index (χ1n) is 8.59. The maximum atomic E-state index is 12.4. The number of carbonyl (C=O) groups excluding carboxylic acids is 3. The normalized spacial score (nSPS) is 20.5. The molecule has 0 spiro atoms. The smallest absolute Gasteiger partial charge is 0.227 e. The van der Waals surface area contributed by atoms with Gasteiger partial charge in [-0.15, -0.1) is 0 Å². The molecule has 0 radical (unpaired) electrons. The Morgan fingerprint density at radius 2 is 1.42 bits per heavy atom. The topological polar surface area (TPSA) is 75.3 Å². The van der Waals surface area contributed by atoms with E-state index in [0.717, 1.165) is 25.7 Å². The van der Waals surface area contributed by atoms with Crippen molar-refractivity contribution in [2.24, 2.45) is 11.8 Å². The summed E-state index contributed by atoms with van der Waals surface area (Å²) in [6.45, 7) is 5.42. The molecule has 1 aromatic rings. The maximum absolute atomic E-state index is 12.4. The second kappa shape index (κ2) is 8.08. The van der Waals surface area contributed by atoms with Crippen molar-refractivity contribution < 1.29 is 14.4 Å². The van der Waals surface area contributed by atoms with Crippen LogP contribution in [0.3, 0.4) is 0 Å². The van der Waals surface area contributed by atoms with Crippen LogP contribution < -0.4 is 10.6 Å².